The van der Waals surface area contributed by atoms with Crippen molar-refractivity contribution in [1.82, 2.24) is 9.62 Å². The molecule has 1 fully saturated rings. The summed E-state index contributed by atoms with van der Waals surface area (Å²) in [7, 11) is -2.28. The summed E-state index contributed by atoms with van der Waals surface area (Å²) < 4.78 is 38.1. The number of rotatable bonds is 4. The Labute approximate surface area is 143 Å². The zero-order valence-corrected chi connectivity index (χ0v) is 15.3. The van der Waals surface area contributed by atoms with Gasteiger partial charge >= 0.3 is 0 Å². The Morgan fingerprint density at radius 2 is 1.88 bits per heavy atom. The van der Waals surface area contributed by atoms with E-state index in [0.29, 0.717) is 32.1 Å². The minimum Gasteiger partial charge on any atom is -0.496 e. The number of sulfonamides is 1. The van der Waals surface area contributed by atoms with Crippen LogP contribution in [-0.2, 0) is 14.8 Å². The maximum absolute atomic E-state index is 12.7. The number of benzene rings is 1. The largest absolute Gasteiger partial charge is 0.496 e. The highest BCUT2D eigenvalue weighted by Crippen LogP contribution is 2.25. The van der Waals surface area contributed by atoms with Crippen molar-refractivity contribution in [2.24, 2.45) is 0 Å². The first kappa shape index (κ1) is 18.7. The topological polar surface area (TPSA) is 84.9 Å². The van der Waals surface area contributed by atoms with Crippen LogP contribution < -0.4 is 9.46 Å². The molecule has 1 aliphatic heterocycles. The van der Waals surface area contributed by atoms with E-state index in [1.165, 1.54) is 25.3 Å². The molecule has 0 aliphatic carbocycles. The summed E-state index contributed by atoms with van der Waals surface area (Å²) in [5, 5.41) is 0. The first-order valence-corrected chi connectivity index (χ1v) is 9.21. The highest BCUT2D eigenvalue weighted by Gasteiger charge is 2.26. The number of nitrogens with one attached hydrogen (secondary N) is 1. The Morgan fingerprint density at radius 1 is 1.25 bits per heavy atom. The van der Waals surface area contributed by atoms with Gasteiger partial charge in [-0.2, -0.15) is 0 Å². The van der Waals surface area contributed by atoms with Gasteiger partial charge in [0.1, 0.15) is 5.75 Å². The fraction of sp³-hybridized carbons (Fsp3) is 0.562. The van der Waals surface area contributed by atoms with Crippen LogP contribution in [0.15, 0.2) is 23.1 Å². The molecule has 0 bridgehead atoms. The van der Waals surface area contributed by atoms with E-state index in [2.05, 4.69) is 4.72 Å². The summed E-state index contributed by atoms with van der Waals surface area (Å²) >= 11 is 0. The molecule has 0 saturated carbocycles. The number of hydrogen-bond acceptors (Lipinski definition) is 5. The van der Waals surface area contributed by atoms with Crippen molar-refractivity contribution < 1.29 is 22.7 Å². The fourth-order valence-electron chi connectivity index (χ4n) is 2.42. The molecule has 1 N–H and O–H groups in total. The van der Waals surface area contributed by atoms with Crippen molar-refractivity contribution in [3.05, 3.63) is 23.8 Å². The first-order chi connectivity index (χ1) is 11.1. The number of nitrogens with zero attached hydrogens (tertiary/aromatic N) is 1. The van der Waals surface area contributed by atoms with Crippen LogP contribution in [0.2, 0.25) is 0 Å². The molecule has 0 atom stereocenters. The summed E-state index contributed by atoms with van der Waals surface area (Å²) in [6.45, 7) is 7.16. The molecular weight excluding hydrogens is 332 g/mol. The average Bonchev–Trinajstić information content (AvgIpc) is 2.52. The normalized spacial score (nSPS) is 16.1. The van der Waals surface area contributed by atoms with Crippen LogP contribution in [-0.4, -0.2) is 58.2 Å². The van der Waals surface area contributed by atoms with Crippen molar-refractivity contribution in [3.8, 4) is 5.75 Å². The first-order valence-electron chi connectivity index (χ1n) is 7.73. The summed E-state index contributed by atoms with van der Waals surface area (Å²) in [6, 6.07) is 4.30. The van der Waals surface area contributed by atoms with Gasteiger partial charge in [0.05, 0.1) is 30.8 Å². The van der Waals surface area contributed by atoms with Gasteiger partial charge < -0.3 is 14.4 Å². The summed E-state index contributed by atoms with van der Waals surface area (Å²) in [5.74, 6) is 0.0872. The van der Waals surface area contributed by atoms with E-state index in [1.54, 1.807) is 25.7 Å². The molecule has 7 nitrogen and oxygen atoms in total. The number of hydrogen-bond donors (Lipinski definition) is 1. The molecule has 1 saturated heterocycles. The molecule has 134 valence electrons. The average molecular weight is 356 g/mol. The maximum Gasteiger partial charge on any atom is 0.257 e. The van der Waals surface area contributed by atoms with Crippen LogP contribution in [0.4, 0.5) is 0 Å². The third-order valence-corrected chi connectivity index (χ3v) is 5.21. The van der Waals surface area contributed by atoms with Crippen LogP contribution in [0.5, 0.6) is 5.75 Å². The predicted molar refractivity (Wildman–Crippen MR) is 89.8 cm³/mol. The minimum absolute atomic E-state index is 0.0369. The van der Waals surface area contributed by atoms with Gasteiger partial charge in [0, 0.05) is 18.6 Å². The maximum atomic E-state index is 12.7. The van der Waals surface area contributed by atoms with Gasteiger partial charge in [0.25, 0.3) is 5.91 Å². The third kappa shape index (κ3) is 4.46. The summed E-state index contributed by atoms with van der Waals surface area (Å²) in [5.41, 5.74) is -0.385. The molecule has 8 heteroatoms. The molecule has 1 heterocycles. The Bertz CT molecular complexity index is 704. The molecule has 0 aromatic heterocycles. The summed E-state index contributed by atoms with van der Waals surface area (Å²) in [4.78, 5) is 14.4. The van der Waals surface area contributed by atoms with Crippen LogP contribution in [0.3, 0.4) is 0 Å². The van der Waals surface area contributed by atoms with Gasteiger partial charge in [-0.1, -0.05) is 0 Å². The number of morpholine rings is 1. The second-order valence-electron chi connectivity index (χ2n) is 6.62. The van der Waals surface area contributed by atoms with Gasteiger partial charge in [0.2, 0.25) is 10.0 Å². The highest BCUT2D eigenvalue weighted by molar-refractivity contribution is 7.89. The Hall–Kier alpha value is -1.64. The second-order valence-corrected chi connectivity index (χ2v) is 8.30. The standard InChI is InChI=1S/C16H24N2O5S/c1-16(2,3)17-24(20,21)12-5-6-14(22-4)13(11-12)15(19)18-7-9-23-10-8-18/h5-6,11,17H,7-10H2,1-4H3. The quantitative estimate of drug-likeness (QED) is 0.877. The molecule has 1 amide bonds. The van der Waals surface area contributed by atoms with E-state index in [4.69, 9.17) is 9.47 Å². The van der Waals surface area contributed by atoms with E-state index in [9.17, 15) is 13.2 Å². The van der Waals surface area contributed by atoms with Crippen molar-refractivity contribution >= 4 is 15.9 Å². The molecule has 1 aliphatic rings. The number of ether oxygens (including phenoxy) is 2. The Balaban J connectivity index is 2.39. The zero-order valence-electron chi connectivity index (χ0n) is 14.5. The molecule has 24 heavy (non-hydrogen) atoms. The van der Waals surface area contributed by atoms with E-state index < -0.39 is 15.6 Å². The lowest BCUT2D eigenvalue weighted by atomic mass is 10.1. The number of methoxy groups -OCH3 is 1. The smallest absolute Gasteiger partial charge is 0.257 e. The molecule has 0 spiro atoms. The molecule has 1 aromatic carbocycles. The number of carbonyl (C=O) groups excluding carboxylic acids is 1. The van der Waals surface area contributed by atoms with Gasteiger partial charge in [-0.15, -0.1) is 0 Å². The minimum atomic E-state index is -3.73. The van der Waals surface area contributed by atoms with Crippen molar-refractivity contribution in [2.75, 3.05) is 33.4 Å². The Kier molecular flexibility index (Phi) is 5.52. The Morgan fingerprint density at radius 3 is 2.42 bits per heavy atom. The van der Waals surface area contributed by atoms with Crippen LogP contribution in [0.25, 0.3) is 0 Å². The number of carbonyl (C=O) groups is 1. The molecule has 0 unspecified atom stereocenters. The van der Waals surface area contributed by atoms with Gasteiger partial charge in [-0.05, 0) is 39.0 Å². The van der Waals surface area contributed by atoms with Crippen LogP contribution in [0.1, 0.15) is 31.1 Å². The highest BCUT2D eigenvalue weighted by atomic mass is 32.2. The van der Waals surface area contributed by atoms with Crippen LogP contribution >= 0.6 is 0 Å². The van der Waals surface area contributed by atoms with Crippen molar-refractivity contribution in [1.29, 1.82) is 0 Å². The second kappa shape index (κ2) is 7.08. The monoisotopic (exact) mass is 356 g/mol. The lowest BCUT2D eigenvalue weighted by Gasteiger charge is -2.27. The van der Waals surface area contributed by atoms with E-state index in [-0.39, 0.29) is 16.4 Å². The lowest BCUT2D eigenvalue weighted by Crippen LogP contribution is -2.41. The van der Waals surface area contributed by atoms with Crippen molar-refractivity contribution in [3.63, 3.8) is 0 Å². The van der Waals surface area contributed by atoms with Gasteiger partial charge in [0.15, 0.2) is 0 Å². The molecule has 0 radical (unpaired) electrons. The fourth-order valence-corrected chi connectivity index (χ4v) is 3.86. The van der Waals surface area contributed by atoms with Gasteiger partial charge in [-0.3, -0.25) is 4.79 Å². The van der Waals surface area contributed by atoms with E-state index in [0.717, 1.165) is 0 Å². The zero-order chi connectivity index (χ0) is 18.0. The molecular formula is C16H24N2O5S. The van der Waals surface area contributed by atoms with Crippen LogP contribution in [0, 0.1) is 0 Å². The van der Waals surface area contributed by atoms with Gasteiger partial charge in [-0.25, -0.2) is 13.1 Å². The lowest BCUT2D eigenvalue weighted by molar-refractivity contribution is 0.0300. The third-order valence-electron chi connectivity index (χ3n) is 3.45. The predicted octanol–water partition coefficient (Wildman–Crippen LogP) is 1.24. The van der Waals surface area contributed by atoms with Crippen molar-refractivity contribution in [2.45, 2.75) is 31.2 Å². The van der Waals surface area contributed by atoms with E-state index >= 15 is 0 Å². The molecule has 2 rings (SSSR count). The van der Waals surface area contributed by atoms with E-state index in [1.807, 2.05) is 0 Å². The summed E-state index contributed by atoms with van der Waals surface area (Å²) in [6.07, 6.45) is 0. The number of amides is 1. The SMILES string of the molecule is COc1ccc(S(=O)(=O)NC(C)(C)C)cc1C(=O)N1CCOCC1. The molecule has 1 aromatic rings.